The molecule has 24 heavy (non-hydrogen) atoms. The standard InChI is InChI=1S/C19H22N2O2S/c1-12(2)13-5-7-14(8-6-13)18(16-4-3-11-24-16)21-19(23)15-9-10-17(22)20-15/h3-8,11-12,15,18H,9-10H2,1-2H3,(H,20,22)(H,21,23)/t15-,18+/m1/s1. The molecule has 1 fully saturated rings. The number of carbonyl (C=O) groups is 2. The summed E-state index contributed by atoms with van der Waals surface area (Å²) in [4.78, 5) is 25.0. The fraction of sp³-hybridized carbons (Fsp3) is 0.368. The van der Waals surface area contributed by atoms with Crippen molar-refractivity contribution in [2.75, 3.05) is 0 Å². The highest BCUT2D eigenvalue weighted by molar-refractivity contribution is 7.10. The summed E-state index contributed by atoms with van der Waals surface area (Å²) < 4.78 is 0. The molecule has 1 aromatic heterocycles. The quantitative estimate of drug-likeness (QED) is 0.875. The molecule has 1 saturated heterocycles. The maximum absolute atomic E-state index is 12.5. The topological polar surface area (TPSA) is 58.2 Å². The monoisotopic (exact) mass is 342 g/mol. The van der Waals surface area contributed by atoms with E-state index in [0.29, 0.717) is 18.8 Å². The smallest absolute Gasteiger partial charge is 0.243 e. The van der Waals surface area contributed by atoms with Crippen molar-refractivity contribution < 1.29 is 9.59 Å². The SMILES string of the molecule is CC(C)c1ccc([C@H](NC(=O)[C@H]2CCC(=O)N2)c2cccs2)cc1. The van der Waals surface area contributed by atoms with Gasteiger partial charge in [-0.25, -0.2) is 0 Å². The Morgan fingerprint density at radius 2 is 1.92 bits per heavy atom. The number of hydrogen-bond acceptors (Lipinski definition) is 3. The third-order valence-electron chi connectivity index (χ3n) is 4.36. The third-order valence-corrected chi connectivity index (χ3v) is 5.30. The van der Waals surface area contributed by atoms with Crippen molar-refractivity contribution in [3.05, 3.63) is 57.8 Å². The minimum Gasteiger partial charge on any atom is -0.344 e. The van der Waals surface area contributed by atoms with Gasteiger partial charge < -0.3 is 10.6 Å². The van der Waals surface area contributed by atoms with E-state index in [0.717, 1.165) is 10.4 Å². The number of hydrogen-bond donors (Lipinski definition) is 2. The van der Waals surface area contributed by atoms with E-state index in [9.17, 15) is 9.59 Å². The zero-order chi connectivity index (χ0) is 17.1. The molecular weight excluding hydrogens is 320 g/mol. The molecule has 2 heterocycles. The molecule has 1 aliphatic rings. The number of rotatable bonds is 5. The first-order valence-corrected chi connectivity index (χ1v) is 9.15. The lowest BCUT2D eigenvalue weighted by molar-refractivity contribution is -0.126. The van der Waals surface area contributed by atoms with Crippen molar-refractivity contribution >= 4 is 23.2 Å². The van der Waals surface area contributed by atoms with E-state index in [4.69, 9.17) is 0 Å². The molecule has 0 bridgehead atoms. The summed E-state index contributed by atoms with van der Waals surface area (Å²) in [5.74, 6) is 0.304. The highest BCUT2D eigenvalue weighted by Crippen LogP contribution is 2.28. The van der Waals surface area contributed by atoms with Gasteiger partial charge >= 0.3 is 0 Å². The summed E-state index contributed by atoms with van der Waals surface area (Å²) in [5.41, 5.74) is 2.33. The first kappa shape index (κ1) is 16.7. The average molecular weight is 342 g/mol. The molecule has 1 aromatic carbocycles. The van der Waals surface area contributed by atoms with Crippen LogP contribution in [0.15, 0.2) is 41.8 Å². The van der Waals surface area contributed by atoms with Crippen LogP contribution in [0.3, 0.4) is 0 Å². The van der Waals surface area contributed by atoms with Gasteiger partial charge in [0.2, 0.25) is 11.8 Å². The van der Waals surface area contributed by atoms with Gasteiger partial charge in [0.25, 0.3) is 0 Å². The van der Waals surface area contributed by atoms with Crippen LogP contribution < -0.4 is 10.6 Å². The lowest BCUT2D eigenvalue weighted by Crippen LogP contribution is -2.43. The van der Waals surface area contributed by atoms with Crippen molar-refractivity contribution in [1.82, 2.24) is 10.6 Å². The second-order valence-corrected chi connectivity index (χ2v) is 7.42. The van der Waals surface area contributed by atoms with Gasteiger partial charge in [-0.15, -0.1) is 11.3 Å². The summed E-state index contributed by atoms with van der Waals surface area (Å²) in [7, 11) is 0. The number of carbonyl (C=O) groups excluding carboxylic acids is 2. The van der Waals surface area contributed by atoms with E-state index < -0.39 is 6.04 Å². The zero-order valence-corrected chi connectivity index (χ0v) is 14.7. The van der Waals surface area contributed by atoms with Crippen LogP contribution in [0.1, 0.15) is 54.7 Å². The Bertz CT molecular complexity index is 707. The van der Waals surface area contributed by atoms with Crippen molar-refractivity contribution in [2.24, 2.45) is 0 Å². The second kappa shape index (κ2) is 7.18. The summed E-state index contributed by atoms with van der Waals surface area (Å²) in [6, 6.07) is 11.8. The summed E-state index contributed by atoms with van der Waals surface area (Å²) in [6.45, 7) is 4.33. The van der Waals surface area contributed by atoms with Gasteiger partial charge in [-0.05, 0) is 34.9 Å². The molecule has 2 amide bonds. The molecule has 0 radical (unpaired) electrons. The van der Waals surface area contributed by atoms with Crippen LogP contribution >= 0.6 is 11.3 Å². The van der Waals surface area contributed by atoms with E-state index >= 15 is 0 Å². The van der Waals surface area contributed by atoms with Gasteiger partial charge in [0.1, 0.15) is 6.04 Å². The van der Waals surface area contributed by atoms with Gasteiger partial charge in [0.05, 0.1) is 6.04 Å². The molecule has 1 aliphatic heterocycles. The van der Waals surface area contributed by atoms with Gasteiger partial charge in [0.15, 0.2) is 0 Å². The summed E-state index contributed by atoms with van der Waals surface area (Å²) in [6.07, 6.45) is 0.985. The van der Waals surface area contributed by atoms with Crippen molar-refractivity contribution in [3.63, 3.8) is 0 Å². The van der Waals surface area contributed by atoms with Crippen LogP contribution in [0, 0.1) is 0 Å². The minimum atomic E-state index is -0.421. The summed E-state index contributed by atoms with van der Waals surface area (Å²) >= 11 is 1.62. The van der Waals surface area contributed by atoms with E-state index in [2.05, 4.69) is 48.7 Å². The highest BCUT2D eigenvalue weighted by atomic mass is 32.1. The van der Waals surface area contributed by atoms with Crippen LogP contribution in [0.4, 0.5) is 0 Å². The third kappa shape index (κ3) is 3.67. The highest BCUT2D eigenvalue weighted by Gasteiger charge is 2.29. The Hall–Kier alpha value is -2.14. The maximum atomic E-state index is 12.5. The maximum Gasteiger partial charge on any atom is 0.243 e. The number of amides is 2. The molecule has 2 aromatic rings. The molecule has 2 atom stereocenters. The lowest BCUT2D eigenvalue weighted by atomic mass is 9.98. The summed E-state index contributed by atoms with van der Waals surface area (Å²) in [5, 5.41) is 7.84. The van der Waals surface area contributed by atoms with Crippen LogP contribution in [-0.4, -0.2) is 17.9 Å². The molecule has 126 valence electrons. The van der Waals surface area contributed by atoms with E-state index in [-0.39, 0.29) is 17.9 Å². The average Bonchev–Trinajstić information content (AvgIpc) is 3.24. The second-order valence-electron chi connectivity index (χ2n) is 6.44. The Morgan fingerprint density at radius 1 is 1.21 bits per heavy atom. The fourth-order valence-corrected chi connectivity index (χ4v) is 3.70. The van der Waals surface area contributed by atoms with Crippen molar-refractivity contribution in [3.8, 4) is 0 Å². The van der Waals surface area contributed by atoms with Crippen molar-refractivity contribution in [2.45, 2.75) is 44.7 Å². The van der Waals surface area contributed by atoms with Gasteiger partial charge in [-0.1, -0.05) is 44.2 Å². The molecule has 0 saturated carbocycles. The van der Waals surface area contributed by atoms with E-state index in [1.807, 2.05) is 17.5 Å². The molecule has 0 unspecified atom stereocenters. The Kier molecular flexibility index (Phi) is 5.00. The van der Waals surface area contributed by atoms with Crippen molar-refractivity contribution in [1.29, 1.82) is 0 Å². The predicted octanol–water partition coefficient (Wildman–Crippen LogP) is 3.36. The van der Waals surface area contributed by atoms with E-state index in [1.54, 1.807) is 11.3 Å². The largest absolute Gasteiger partial charge is 0.344 e. The van der Waals surface area contributed by atoms with E-state index in [1.165, 1.54) is 5.56 Å². The number of nitrogens with one attached hydrogen (secondary N) is 2. The Balaban J connectivity index is 1.81. The molecule has 0 spiro atoms. The molecule has 2 N–H and O–H groups in total. The van der Waals surface area contributed by atoms with Crippen LogP contribution in [0.2, 0.25) is 0 Å². The van der Waals surface area contributed by atoms with Crippen LogP contribution in [-0.2, 0) is 9.59 Å². The molecular formula is C19H22N2O2S. The lowest BCUT2D eigenvalue weighted by Gasteiger charge is -2.21. The first-order chi connectivity index (χ1) is 11.5. The van der Waals surface area contributed by atoms with Gasteiger partial charge in [0, 0.05) is 11.3 Å². The Morgan fingerprint density at radius 3 is 2.46 bits per heavy atom. The molecule has 4 nitrogen and oxygen atoms in total. The number of thiophene rings is 1. The Labute approximate surface area is 146 Å². The van der Waals surface area contributed by atoms with Crippen LogP contribution in [0.25, 0.3) is 0 Å². The first-order valence-electron chi connectivity index (χ1n) is 8.27. The fourth-order valence-electron chi connectivity index (χ4n) is 2.90. The molecule has 0 aliphatic carbocycles. The molecule has 3 rings (SSSR count). The van der Waals surface area contributed by atoms with Gasteiger partial charge in [-0.3, -0.25) is 9.59 Å². The van der Waals surface area contributed by atoms with Crippen LogP contribution in [0.5, 0.6) is 0 Å². The predicted molar refractivity (Wildman–Crippen MR) is 96.0 cm³/mol. The number of benzene rings is 1. The minimum absolute atomic E-state index is 0.0518. The van der Waals surface area contributed by atoms with Gasteiger partial charge in [-0.2, -0.15) is 0 Å². The molecule has 5 heteroatoms. The normalized spacial score (nSPS) is 18.5. The zero-order valence-electron chi connectivity index (χ0n) is 13.9.